The lowest BCUT2D eigenvalue weighted by atomic mass is 10.3. The van der Waals surface area contributed by atoms with Crippen LogP contribution in [0.5, 0.6) is 0 Å². The highest BCUT2D eigenvalue weighted by atomic mass is 79.9. The monoisotopic (exact) mass is 205 g/mol. The SMILES string of the molecule is C=C(Br)CNC1(CO)CC1. The van der Waals surface area contributed by atoms with Crippen LogP contribution in [0.3, 0.4) is 0 Å². The second kappa shape index (κ2) is 3.03. The Balaban J connectivity index is 2.19. The highest BCUT2D eigenvalue weighted by Gasteiger charge is 2.41. The summed E-state index contributed by atoms with van der Waals surface area (Å²) in [4.78, 5) is 0. The summed E-state index contributed by atoms with van der Waals surface area (Å²) >= 11 is 3.25. The van der Waals surface area contributed by atoms with Gasteiger partial charge in [-0.25, -0.2) is 0 Å². The van der Waals surface area contributed by atoms with Crippen molar-refractivity contribution in [3.63, 3.8) is 0 Å². The molecule has 58 valence electrons. The van der Waals surface area contributed by atoms with E-state index in [0.29, 0.717) is 0 Å². The van der Waals surface area contributed by atoms with E-state index in [0.717, 1.165) is 23.9 Å². The van der Waals surface area contributed by atoms with Crippen LogP contribution in [-0.2, 0) is 0 Å². The van der Waals surface area contributed by atoms with E-state index < -0.39 is 0 Å². The average molecular weight is 206 g/mol. The van der Waals surface area contributed by atoms with Crippen LogP contribution in [-0.4, -0.2) is 23.8 Å². The first-order valence-corrected chi connectivity index (χ1v) is 4.17. The topological polar surface area (TPSA) is 32.3 Å². The van der Waals surface area contributed by atoms with Gasteiger partial charge < -0.3 is 10.4 Å². The zero-order valence-electron chi connectivity index (χ0n) is 5.86. The molecule has 0 spiro atoms. The summed E-state index contributed by atoms with van der Waals surface area (Å²) < 4.78 is 0.937. The molecule has 0 aliphatic heterocycles. The van der Waals surface area contributed by atoms with Gasteiger partial charge in [-0.3, -0.25) is 0 Å². The second-order valence-electron chi connectivity index (χ2n) is 2.81. The molecular formula is C7H12BrNO. The molecule has 2 nitrogen and oxygen atoms in total. The van der Waals surface area contributed by atoms with Crippen LogP contribution in [0.2, 0.25) is 0 Å². The summed E-state index contributed by atoms with van der Waals surface area (Å²) in [6.45, 7) is 4.69. The highest BCUT2D eigenvalue weighted by Crippen LogP contribution is 2.34. The fourth-order valence-electron chi connectivity index (χ4n) is 0.825. The van der Waals surface area contributed by atoms with Crippen LogP contribution in [0.25, 0.3) is 0 Å². The van der Waals surface area contributed by atoms with Gasteiger partial charge in [0.15, 0.2) is 0 Å². The Morgan fingerprint density at radius 1 is 1.70 bits per heavy atom. The zero-order chi connectivity index (χ0) is 7.61. The molecule has 0 atom stereocenters. The van der Waals surface area contributed by atoms with Gasteiger partial charge in [-0.1, -0.05) is 22.5 Å². The third-order valence-electron chi connectivity index (χ3n) is 1.81. The van der Waals surface area contributed by atoms with E-state index in [1.807, 2.05) is 0 Å². The van der Waals surface area contributed by atoms with Crippen molar-refractivity contribution in [3.8, 4) is 0 Å². The van der Waals surface area contributed by atoms with Crippen molar-refractivity contribution in [3.05, 3.63) is 11.1 Å². The molecule has 0 aromatic carbocycles. The summed E-state index contributed by atoms with van der Waals surface area (Å²) in [5, 5.41) is 12.1. The maximum atomic E-state index is 8.86. The van der Waals surface area contributed by atoms with Gasteiger partial charge in [0.1, 0.15) is 0 Å². The first-order chi connectivity index (χ1) is 4.68. The fraction of sp³-hybridized carbons (Fsp3) is 0.714. The van der Waals surface area contributed by atoms with Gasteiger partial charge in [-0.05, 0) is 12.8 Å². The standard InChI is InChI=1S/C7H12BrNO/c1-6(8)4-9-7(5-10)2-3-7/h9-10H,1-5H2. The molecule has 2 N–H and O–H groups in total. The van der Waals surface area contributed by atoms with E-state index in [4.69, 9.17) is 5.11 Å². The van der Waals surface area contributed by atoms with Crippen LogP contribution < -0.4 is 5.32 Å². The summed E-state index contributed by atoms with van der Waals surface area (Å²) in [6, 6.07) is 0. The molecule has 3 heteroatoms. The van der Waals surface area contributed by atoms with E-state index in [9.17, 15) is 0 Å². The predicted molar refractivity (Wildman–Crippen MR) is 45.1 cm³/mol. The Morgan fingerprint density at radius 3 is 2.60 bits per heavy atom. The Morgan fingerprint density at radius 2 is 2.30 bits per heavy atom. The highest BCUT2D eigenvalue weighted by molar-refractivity contribution is 9.11. The van der Waals surface area contributed by atoms with Crippen LogP contribution in [0.15, 0.2) is 11.1 Å². The maximum absolute atomic E-state index is 8.86. The number of nitrogens with one attached hydrogen (secondary N) is 1. The first kappa shape index (κ1) is 8.24. The molecule has 1 saturated carbocycles. The Labute approximate surface area is 69.4 Å². The van der Waals surface area contributed by atoms with E-state index in [1.165, 1.54) is 0 Å². The number of aliphatic hydroxyl groups is 1. The molecule has 0 amide bonds. The first-order valence-electron chi connectivity index (χ1n) is 3.38. The summed E-state index contributed by atoms with van der Waals surface area (Å²) in [5.74, 6) is 0. The molecule has 0 radical (unpaired) electrons. The average Bonchev–Trinajstić information content (AvgIpc) is 2.64. The zero-order valence-corrected chi connectivity index (χ0v) is 7.45. The van der Waals surface area contributed by atoms with E-state index in [-0.39, 0.29) is 12.1 Å². The minimum Gasteiger partial charge on any atom is -0.394 e. The number of hydrogen-bond donors (Lipinski definition) is 2. The predicted octanol–water partition coefficient (Wildman–Crippen LogP) is 1.01. The molecule has 1 fully saturated rings. The Bertz CT molecular complexity index is 143. The molecule has 0 aromatic rings. The van der Waals surface area contributed by atoms with Gasteiger partial charge in [-0.2, -0.15) is 0 Å². The molecule has 0 saturated heterocycles. The summed E-state index contributed by atoms with van der Waals surface area (Å²) in [6.07, 6.45) is 2.17. The Kier molecular flexibility index (Phi) is 2.50. The normalized spacial score (nSPS) is 20.6. The van der Waals surface area contributed by atoms with Crippen molar-refractivity contribution in [2.24, 2.45) is 0 Å². The molecule has 10 heavy (non-hydrogen) atoms. The van der Waals surface area contributed by atoms with E-state index in [1.54, 1.807) is 0 Å². The van der Waals surface area contributed by atoms with Gasteiger partial charge >= 0.3 is 0 Å². The summed E-state index contributed by atoms with van der Waals surface area (Å²) in [5.41, 5.74) is 0.0384. The van der Waals surface area contributed by atoms with Gasteiger partial charge in [0.25, 0.3) is 0 Å². The third-order valence-corrected chi connectivity index (χ3v) is 2.09. The maximum Gasteiger partial charge on any atom is 0.0613 e. The minimum atomic E-state index is 0.0384. The van der Waals surface area contributed by atoms with Crippen molar-refractivity contribution in [2.45, 2.75) is 18.4 Å². The van der Waals surface area contributed by atoms with Crippen LogP contribution in [0.4, 0.5) is 0 Å². The Hall–Kier alpha value is 0.140. The van der Waals surface area contributed by atoms with Gasteiger partial charge in [-0.15, -0.1) is 0 Å². The van der Waals surface area contributed by atoms with Crippen LogP contribution in [0, 0.1) is 0 Å². The van der Waals surface area contributed by atoms with Crippen molar-refractivity contribution < 1.29 is 5.11 Å². The second-order valence-corrected chi connectivity index (χ2v) is 3.93. The summed E-state index contributed by atoms with van der Waals surface area (Å²) in [7, 11) is 0. The van der Waals surface area contributed by atoms with Crippen molar-refractivity contribution in [2.75, 3.05) is 13.2 Å². The number of hydrogen-bond acceptors (Lipinski definition) is 2. The van der Waals surface area contributed by atoms with Crippen molar-refractivity contribution in [1.82, 2.24) is 5.32 Å². The lowest BCUT2D eigenvalue weighted by Crippen LogP contribution is -2.35. The lowest BCUT2D eigenvalue weighted by Gasteiger charge is -2.12. The fourth-order valence-corrected chi connectivity index (χ4v) is 0.965. The molecule has 1 aliphatic carbocycles. The third kappa shape index (κ3) is 2.08. The van der Waals surface area contributed by atoms with E-state index in [2.05, 4.69) is 27.8 Å². The van der Waals surface area contributed by atoms with Crippen LogP contribution in [0.1, 0.15) is 12.8 Å². The van der Waals surface area contributed by atoms with Gasteiger partial charge in [0.2, 0.25) is 0 Å². The van der Waals surface area contributed by atoms with Crippen molar-refractivity contribution >= 4 is 15.9 Å². The van der Waals surface area contributed by atoms with Gasteiger partial charge in [0, 0.05) is 16.6 Å². The smallest absolute Gasteiger partial charge is 0.0613 e. The number of halogens is 1. The number of aliphatic hydroxyl groups excluding tert-OH is 1. The lowest BCUT2D eigenvalue weighted by molar-refractivity contribution is 0.234. The minimum absolute atomic E-state index is 0.0384. The molecule has 1 rings (SSSR count). The molecule has 0 aromatic heterocycles. The molecular weight excluding hydrogens is 194 g/mol. The molecule has 0 bridgehead atoms. The quantitative estimate of drug-likeness (QED) is 0.719. The largest absolute Gasteiger partial charge is 0.394 e. The molecule has 1 aliphatic rings. The molecule has 0 heterocycles. The van der Waals surface area contributed by atoms with E-state index >= 15 is 0 Å². The molecule has 0 unspecified atom stereocenters. The van der Waals surface area contributed by atoms with Gasteiger partial charge in [0.05, 0.1) is 6.61 Å². The number of rotatable bonds is 4. The van der Waals surface area contributed by atoms with Crippen LogP contribution >= 0.6 is 15.9 Å². The van der Waals surface area contributed by atoms with Crippen molar-refractivity contribution in [1.29, 1.82) is 0 Å².